The standard InChI is InChI=1S/C19H19Cl2N5O/c20-13-8-23-9-14(21)18(13)19(27)24-7-12-5-11(12)6-22-10-17-25-15-3-1-2-4-16(15)26-17/h1-4,8-9,11-12,22H,5-7,10H2,(H,24,27)(H,25,26). The van der Waals surface area contributed by atoms with Gasteiger partial charge in [0.25, 0.3) is 5.91 Å². The number of carbonyl (C=O) groups excluding carboxylic acids is 1. The van der Waals surface area contributed by atoms with Gasteiger partial charge in [-0.15, -0.1) is 0 Å². The number of fused-ring (bicyclic) bond motifs is 1. The van der Waals surface area contributed by atoms with Crippen LogP contribution in [-0.4, -0.2) is 33.9 Å². The largest absolute Gasteiger partial charge is 0.352 e. The fourth-order valence-electron chi connectivity index (χ4n) is 3.22. The molecular weight excluding hydrogens is 385 g/mol. The van der Waals surface area contributed by atoms with Crippen molar-refractivity contribution in [2.24, 2.45) is 11.8 Å². The van der Waals surface area contributed by atoms with E-state index in [0.29, 0.717) is 24.9 Å². The Hall–Kier alpha value is -2.15. The third kappa shape index (κ3) is 4.24. The molecule has 2 heterocycles. The zero-order valence-electron chi connectivity index (χ0n) is 14.5. The second-order valence-corrected chi connectivity index (χ2v) is 7.59. The van der Waals surface area contributed by atoms with Crippen LogP contribution in [0.25, 0.3) is 11.0 Å². The highest BCUT2D eigenvalue weighted by molar-refractivity contribution is 6.39. The number of halogens is 2. The molecule has 0 bridgehead atoms. The highest BCUT2D eigenvalue weighted by Gasteiger charge is 2.36. The predicted molar refractivity (Wildman–Crippen MR) is 106 cm³/mol. The maximum atomic E-state index is 12.3. The lowest BCUT2D eigenvalue weighted by atomic mass is 10.2. The minimum atomic E-state index is -0.256. The first kappa shape index (κ1) is 18.2. The van der Waals surface area contributed by atoms with Gasteiger partial charge in [0.1, 0.15) is 5.82 Å². The third-order valence-electron chi connectivity index (χ3n) is 4.81. The molecule has 1 aliphatic carbocycles. The number of para-hydroxylation sites is 2. The maximum absolute atomic E-state index is 12.3. The van der Waals surface area contributed by atoms with Crippen LogP contribution < -0.4 is 10.6 Å². The number of amides is 1. The molecule has 1 saturated carbocycles. The first-order valence-corrected chi connectivity index (χ1v) is 9.59. The van der Waals surface area contributed by atoms with Crippen LogP contribution in [-0.2, 0) is 6.54 Å². The summed E-state index contributed by atoms with van der Waals surface area (Å²) in [6, 6.07) is 7.99. The SMILES string of the molecule is O=C(NCC1CC1CNCc1nc2ccccc2[nH]1)c1c(Cl)cncc1Cl. The molecule has 1 aliphatic rings. The Labute approximate surface area is 166 Å². The van der Waals surface area contributed by atoms with Gasteiger partial charge in [-0.1, -0.05) is 35.3 Å². The zero-order valence-corrected chi connectivity index (χ0v) is 16.0. The smallest absolute Gasteiger partial charge is 0.254 e. The molecule has 0 aliphatic heterocycles. The molecule has 4 rings (SSSR count). The van der Waals surface area contributed by atoms with Gasteiger partial charge in [-0.25, -0.2) is 4.98 Å². The van der Waals surface area contributed by atoms with Crippen molar-refractivity contribution in [2.45, 2.75) is 13.0 Å². The van der Waals surface area contributed by atoms with Crippen LogP contribution in [0, 0.1) is 11.8 Å². The number of hydrogen-bond acceptors (Lipinski definition) is 4. The number of hydrogen-bond donors (Lipinski definition) is 3. The van der Waals surface area contributed by atoms with E-state index in [1.807, 2.05) is 24.3 Å². The average Bonchev–Trinajstić information content (AvgIpc) is 3.26. The van der Waals surface area contributed by atoms with Gasteiger partial charge in [-0.3, -0.25) is 9.78 Å². The Morgan fingerprint density at radius 3 is 2.67 bits per heavy atom. The molecule has 140 valence electrons. The molecule has 8 heteroatoms. The summed E-state index contributed by atoms with van der Waals surface area (Å²) in [7, 11) is 0. The Morgan fingerprint density at radius 1 is 1.15 bits per heavy atom. The van der Waals surface area contributed by atoms with Crippen molar-refractivity contribution in [3.8, 4) is 0 Å². The number of imidazole rings is 1. The molecule has 2 unspecified atom stereocenters. The fourth-order valence-corrected chi connectivity index (χ4v) is 3.75. The minimum Gasteiger partial charge on any atom is -0.352 e. The predicted octanol–water partition coefficient (Wildman–Crippen LogP) is 3.42. The topological polar surface area (TPSA) is 82.7 Å². The number of carbonyl (C=O) groups is 1. The first-order chi connectivity index (χ1) is 13.1. The summed E-state index contributed by atoms with van der Waals surface area (Å²) in [6.45, 7) is 2.21. The first-order valence-electron chi connectivity index (χ1n) is 8.83. The van der Waals surface area contributed by atoms with Crippen LogP contribution in [0.15, 0.2) is 36.7 Å². The fraction of sp³-hybridized carbons (Fsp3) is 0.316. The number of benzene rings is 1. The summed E-state index contributed by atoms with van der Waals surface area (Å²) in [5.74, 6) is 1.70. The van der Waals surface area contributed by atoms with Crippen molar-refractivity contribution in [1.82, 2.24) is 25.6 Å². The molecule has 0 radical (unpaired) electrons. The minimum absolute atomic E-state index is 0.256. The number of pyridine rings is 1. The van der Waals surface area contributed by atoms with Crippen molar-refractivity contribution >= 4 is 40.1 Å². The van der Waals surface area contributed by atoms with E-state index in [-0.39, 0.29) is 21.5 Å². The molecule has 3 N–H and O–H groups in total. The second kappa shape index (κ2) is 7.84. The highest BCUT2D eigenvalue weighted by atomic mass is 35.5. The van der Waals surface area contributed by atoms with Crippen molar-refractivity contribution in [2.75, 3.05) is 13.1 Å². The van der Waals surface area contributed by atoms with Gasteiger partial charge in [-0.05, 0) is 36.9 Å². The highest BCUT2D eigenvalue weighted by Crippen LogP contribution is 2.37. The molecule has 0 saturated heterocycles. The Kier molecular flexibility index (Phi) is 5.29. The lowest BCUT2D eigenvalue weighted by molar-refractivity contribution is 0.0951. The van der Waals surface area contributed by atoms with Gasteiger partial charge in [0.2, 0.25) is 0 Å². The van der Waals surface area contributed by atoms with Gasteiger partial charge in [0.15, 0.2) is 0 Å². The van der Waals surface area contributed by atoms with Crippen molar-refractivity contribution in [1.29, 1.82) is 0 Å². The second-order valence-electron chi connectivity index (χ2n) is 6.78. The molecule has 27 heavy (non-hydrogen) atoms. The molecule has 0 spiro atoms. The van der Waals surface area contributed by atoms with Gasteiger partial charge >= 0.3 is 0 Å². The van der Waals surface area contributed by atoms with Crippen molar-refractivity contribution in [3.05, 3.63) is 58.1 Å². The summed E-state index contributed by atoms with van der Waals surface area (Å²) < 4.78 is 0. The van der Waals surface area contributed by atoms with Crippen LogP contribution in [0.3, 0.4) is 0 Å². The number of rotatable bonds is 7. The summed E-state index contributed by atoms with van der Waals surface area (Å²) in [5, 5.41) is 6.88. The van der Waals surface area contributed by atoms with Crippen LogP contribution in [0.5, 0.6) is 0 Å². The maximum Gasteiger partial charge on any atom is 0.254 e. The van der Waals surface area contributed by atoms with Gasteiger partial charge in [0, 0.05) is 18.9 Å². The molecule has 2 aromatic heterocycles. The molecule has 1 amide bonds. The van der Waals surface area contributed by atoms with E-state index in [2.05, 4.69) is 25.6 Å². The van der Waals surface area contributed by atoms with Crippen molar-refractivity contribution in [3.63, 3.8) is 0 Å². The number of aromatic nitrogens is 3. The quantitative estimate of drug-likeness (QED) is 0.564. The van der Waals surface area contributed by atoms with E-state index in [1.54, 1.807) is 0 Å². The van der Waals surface area contributed by atoms with E-state index in [1.165, 1.54) is 12.4 Å². The number of nitrogens with one attached hydrogen (secondary N) is 3. The van der Waals surface area contributed by atoms with Gasteiger partial charge in [0.05, 0.1) is 33.2 Å². The van der Waals surface area contributed by atoms with E-state index in [0.717, 1.165) is 29.8 Å². The van der Waals surface area contributed by atoms with E-state index >= 15 is 0 Å². The number of aromatic amines is 1. The average molecular weight is 404 g/mol. The number of nitrogens with zero attached hydrogens (tertiary/aromatic N) is 2. The van der Waals surface area contributed by atoms with Gasteiger partial charge < -0.3 is 15.6 Å². The van der Waals surface area contributed by atoms with Gasteiger partial charge in [-0.2, -0.15) is 0 Å². The third-order valence-corrected chi connectivity index (χ3v) is 5.38. The Balaban J connectivity index is 1.21. The lowest BCUT2D eigenvalue weighted by Gasteiger charge is -2.08. The molecule has 1 fully saturated rings. The van der Waals surface area contributed by atoms with E-state index in [4.69, 9.17) is 23.2 Å². The molecule has 2 atom stereocenters. The molecule has 1 aromatic carbocycles. The van der Waals surface area contributed by atoms with Crippen LogP contribution >= 0.6 is 23.2 Å². The van der Waals surface area contributed by atoms with E-state index < -0.39 is 0 Å². The molecule has 3 aromatic rings. The number of H-pyrrole nitrogens is 1. The Bertz CT molecular complexity index is 920. The monoisotopic (exact) mass is 403 g/mol. The zero-order chi connectivity index (χ0) is 18.8. The lowest BCUT2D eigenvalue weighted by Crippen LogP contribution is -2.27. The summed E-state index contributed by atoms with van der Waals surface area (Å²) >= 11 is 12.0. The molecular formula is C19H19Cl2N5O. The van der Waals surface area contributed by atoms with Crippen molar-refractivity contribution < 1.29 is 4.79 Å². The van der Waals surface area contributed by atoms with Crippen LogP contribution in [0.2, 0.25) is 10.0 Å². The van der Waals surface area contributed by atoms with E-state index in [9.17, 15) is 4.79 Å². The molecule has 6 nitrogen and oxygen atoms in total. The summed E-state index contributed by atoms with van der Waals surface area (Å²) in [4.78, 5) is 24.0. The van der Waals surface area contributed by atoms with Crippen LogP contribution in [0.4, 0.5) is 0 Å². The summed E-state index contributed by atoms with van der Waals surface area (Å²) in [5.41, 5.74) is 2.32. The summed E-state index contributed by atoms with van der Waals surface area (Å²) in [6.07, 6.45) is 3.93. The normalized spacial score (nSPS) is 18.6. The Morgan fingerprint density at radius 2 is 1.89 bits per heavy atom. The van der Waals surface area contributed by atoms with Crippen LogP contribution in [0.1, 0.15) is 22.6 Å².